The summed E-state index contributed by atoms with van der Waals surface area (Å²) in [4.78, 5) is 40.8. The van der Waals surface area contributed by atoms with Gasteiger partial charge in [0, 0.05) is 37.0 Å². The fraction of sp³-hybridized carbons (Fsp3) is 0.684. The van der Waals surface area contributed by atoms with Crippen LogP contribution in [0.25, 0.3) is 0 Å². The molecule has 1 spiro atoms. The highest BCUT2D eigenvalue weighted by atomic mass is 32.1. The Morgan fingerprint density at radius 3 is 1.91 bits per heavy atom. The molecule has 3 heterocycles. The number of likely N-dealkylation sites (tertiary alicyclic amines) is 2. The van der Waals surface area contributed by atoms with Crippen LogP contribution in [0.15, 0.2) is 5.38 Å². The number of aromatic nitrogens is 1. The van der Waals surface area contributed by atoms with Gasteiger partial charge >= 0.3 is 24.3 Å². The number of carboxylic acids is 2. The summed E-state index contributed by atoms with van der Waals surface area (Å²) >= 11 is 1.72. The van der Waals surface area contributed by atoms with Gasteiger partial charge in [0.15, 0.2) is 0 Å². The van der Waals surface area contributed by atoms with E-state index in [-0.39, 0.29) is 5.91 Å². The number of aliphatic carboxylic acids is 2. The fourth-order valence-corrected chi connectivity index (χ4v) is 4.04. The number of hydrogen-bond donors (Lipinski definition) is 2. The number of carbonyl (C=O) groups excluding carboxylic acids is 1. The lowest BCUT2D eigenvalue weighted by Crippen LogP contribution is -2.60. The summed E-state index contributed by atoms with van der Waals surface area (Å²) in [6, 6.07) is 0. The molecule has 1 amide bonds. The van der Waals surface area contributed by atoms with Crippen LogP contribution in [0.5, 0.6) is 0 Å². The Kier molecular flexibility index (Phi) is 10.5. The minimum absolute atomic E-state index is 0.263. The largest absolute Gasteiger partial charge is 0.490 e. The van der Waals surface area contributed by atoms with Gasteiger partial charge in [0.25, 0.3) is 0 Å². The van der Waals surface area contributed by atoms with Gasteiger partial charge in [0.1, 0.15) is 0 Å². The van der Waals surface area contributed by atoms with Crippen LogP contribution in [0.1, 0.15) is 17.1 Å². The number of carbonyl (C=O) groups is 3. The maximum Gasteiger partial charge on any atom is 0.490 e. The molecule has 0 aromatic carbocycles. The second-order valence-corrected chi connectivity index (χ2v) is 9.47. The topological polar surface area (TPSA) is 114 Å². The predicted molar refractivity (Wildman–Crippen MR) is 112 cm³/mol. The van der Waals surface area contributed by atoms with E-state index in [1.807, 2.05) is 23.9 Å². The molecule has 0 atom stereocenters. The van der Waals surface area contributed by atoms with E-state index >= 15 is 0 Å². The molecule has 1 aromatic heterocycles. The third-order valence-electron chi connectivity index (χ3n) is 4.91. The Morgan fingerprint density at radius 2 is 1.54 bits per heavy atom. The minimum Gasteiger partial charge on any atom is -0.475 e. The van der Waals surface area contributed by atoms with Gasteiger partial charge in [0.2, 0.25) is 5.91 Å². The molecule has 2 aliphatic heterocycles. The van der Waals surface area contributed by atoms with E-state index in [1.54, 1.807) is 11.3 Å². The third-order valence-corrected chi connectivity index (χ3v) is 5.73. The summed E-state index contributed by atoms with van der Waals surface area (Å²) in [6.45, 7) is 7.65. The molecule has 0 unspecified atom stereocenters. The molecular weight excluding hydrogens is 510 g/mol. The average molecular weight is 536 g/mol. The van der Waals surface area contributed by atoms with Gasteiger partial charge in [-0.25, -0.2) is 14.6 Å². The number of amides is 1. The number of hydrogen-bond acceptors (Lipinski definition) is 7. The van der Waals surface area contributed by atoms with Crippen molar-refractivity contribution < 1.29 is 50.9 Å². The number of likely N-dealkylation sites (N-methyl/N-ethyl adjacent to an activating group) is 1. The Bertz CT molecular complexity index is 860. The van der Waals surface area contributed by atoms with Crippen molar-refractivity contribution in [3.8, 4) is 0 Å². The molecule has 9 nitrogen and oxygen atoms in total. The predicted octanol–water partition coefficient (Wildman–Crippen LogP) is 2.31. The minimum atomic E-state index is -5.08. The lowest BCUT2D eigenvalue weighted by atomic mass is 9.79. The van der Waals surface area contributed by atoms with Crippen LogP contribution in [0, 0.1) is 12.3 Å². The van der Waals surface area contributed by atoms with Crippen molar-refractivity contribution in [1.82, 2.24) is 19.7 Å². The van der Waals surface area contributed by atoms with Crippen LogP contribution < -0.4 is 0 Å². The summed E-state index contributed by atoms with van der Waals surface area (Å²) in [5, 5.41) is 17.6. The molecule has 3 rings (SSSR count). The number of aryl methyl sites for hydroxylation is 1. The molecule has 2 fully saturated rings. The summed E-state index contributed by atoms with van der Waals surface area (Å²) in [6.07, 6.45) is -8.96. The van der Waals surface area contributed by atoms with Crippen molar-refractivity contribution in [1.29, 1.82) is 0 Å². The van der Waals surface area contributed by atoms with Crippen LogP contribution in [0.4, 0.5) is 26.3 Å². The van der Waals surface area contributed by atoms with E-state index in [1.165, 1.54) is 12.1 Å². The third kappa shape index (κ3) is 10.4. The first-order chi connectivity index (χ1) is 15.8. The normalized spacial score (nSPS) is 17.3. The zero-order valence-electron chi connectivity index (χ0n) is 19.1. The summed E-state index contributed by atoms with van der Waals surface area (Å²) in [5.41, 5.74) is 1.54. The maximum absolute atomic E-state index is 12.0. The van der Waals surface area contributed by atoms with E-state index < -0.39 is 24.3 Å². The summed E-state index contributed by atoms with van der Waals surface area (Å²) in [7, 11) is 3.89. The Balaban J connectivity index is 0.000000362. The van der Waals surface area contributed by atoms with Gasteiger partial charge in [-0.1, -0.05) is 0 Å². The summed E-state index contributed by atoms with van der Waals surface area (Å²) < 4.78 is 63.5. The van der Waals surface area contributed by atoms with Crippen molar-refractivity contribution in [3.63, 3.8) is 0 Å². The van der Waals surface area contributed by atoms with Gasteiger partial charge in [-0.05, 0) is 34.0 Å². The van der Waals surface area contributed by atoms with E-state index in [9.17, 15) is 31.1 Å². The molecule has 0 aliphatic carbocycles. The Labute approximate surface area is 200 Å². The molecule has 0 radical (unpaired) electrons. The van der Waals surface area contributed by atoms with Gasteiger partial charge in [-0.3, -0.25) is 9.69 Å². The van der Waals surface area contributed by atoms with Crippen LogP contribution >= 0.6 is 11.3 Å². The second kappa shape index (κ2) is 12.0. The Morgan fingerprint density at radius 1 is 1.06 bits per heavy atom. The van der Waals surface area contributed by atoms with Gasteiger partial charge in [0.05, 0.1) is 17.2 Å². The first-order valence-electron chi connectivity index (χ1n) is 10.0. The molecule has 2 saturated heterocycles. The lowest BCUT2D eigenvalue weighted by molar-refractivity contribution is -0.193. The molecule has 2 N–H and O–H groups in total. The number of thiazole rings is 1. The highest BCUT2D eigenvalue weighted by Gasteiger charge is 2.49. The van der Waals surface area contributed by atoms with Crippen LogP contribution in [-0.2, 0) is 20.9 Å². The fourth-order valence-electron chi connectivity index (χ4n) is 3.44. The van der Waals surface area contributed by atoms with E-state index in [4.69, 9.17) is 19.8 Å². The zero-order chi connectivity index (χ0) is 27.2. The molecule has 2 aliphatic rings. The van der Waals surface area contributed by atoms with Crippen molar-refractivity contribution in [2.24, 2.45) is 5.41 Å². The number of carboxylic acid groups (broad SMARTS) is 2. The van der Waals surface area contributed by atoms with Gasteiger partial charge < -0.3 is 20.0 Å². The standard InChI is InChI=1S/C15H24N4OS.2C2HF3O2/c1-12-16-13(8-21-12)6-18-5-4-15(9-18)10-19(11-15)14(20)7-17(2)3;2*3-2(4,5)1(6)7/h8H,4-7,9-11H2,1-3H3;2*(H,6,7). The molecule has 1 aromatic rings. The van der Waals surface area contributed by atoms with E-state index in [2.05, 4.69) is 22.2 Å². The van der Waals surface area contributed by atoms with Crippen LogP contribution in [0.3, 0.4) is 0 Å². The quantitative estimate of drug-likeness (QED) is 0.564. The van der Waals surface area contributed by atoms with Gasteiger partial charge in [-0.15, -0.1) is 11.3 Å². The molecule has 200 valence electrons. The molecule has 35 heavy (non-hydrogen) atoms. The van der Waals surface area contributed by atoms with Crippen molar-refractivity contribution in [2.75, 3.05) is 46.8 Å². The van der Waals surface area contributed by atoms with E-state index in [0.29, 0.717) is 12.0 Å². The van der Waals surface area contributed by atoms with Crippen molar-refractivity contribution in [3.05, 3.63) is 16.1 Å². The zero-order valence-corrected chi connectivity index (χ0v) is 19.9. The van der Waals surface area contributed by atoms with Crippen LogP contribution in [0.2, 0.25) is 0 Å². The Hall–Kier alpha value is -2.46. The maximum atomic E-state index is 12.0. The monoisotopic (exact) mass is 536 g/mol. The first kappa shape index (κ1) is 30.6. The van der Waals surface area contributed by atoms with E-state index in [0.717, 1.165) is 37.7 Å². The van der Waals surface area contributed by atoms with Crippen LogP contribution in [-0.4, -0.2) is 107 Å². The smallest absolute Gasteiger partial charge is 0.475 e. The molecular formula is C19H26F6N4O5S. The number of rotatable bonds is 4. The number of alkyl halides is 6. The van der Waals surface area contributed by atoms with Gasteiger partial charge in [-0.2, -0.15) is 26.3 Å². The SMILES string of the molecule is Cc1nc(CN2CCC3(C2)CN(C(=O)CN(C)C)C3)cs1.O=C(O)C(F)(F)F.O=C(O)C(F)(F)F. The highest BCUT2D eigenvalue weighted by Crippen LogP contribution is 2.40. The second-order valence-electron chi connectivity index (χ2n) is 8.41. The van der Waals surface area contributed by atoms with Crippen molar-refractivity contribution in [2.45, 2.75) is 32.2 Å². The molecule has 16 heteroatoms. The number of nitrogens with zero attached hydrogens (tertiary/aromatic N) is 4. The van der Waals surface area contributed by atoms with Crippen molar-refractivity contribution >= 4 is 29.2 Å². The summed E-state index contributed by atoms with van der Waals surface area (Å²) in [5.74, 6) is -5.25. The first-order valence-corrected chi connectivity index (χ1v) is 10.9. The molecule has 0 saturated carbocycles. The lowest BCUT2D eigenvalue weighted by Gasteiger charge is -2.48. The highest BCUT2D eigenvalue weighted by molar-refractivity contribution is 7.09. The number of halogens is 6. The average Bonchev–Trinajstić information content (AvgIpc) is 3.26. The molecule has 0 bridgehead atoms.